The normalized spacial score (nSPS) is 10.7. The zero-order chi connectivity index (χ0) is 19.6. The molecule has 1 amide bonds. The van der Waals surface area contributed by atoms with E-state index in [2.05, 4.69) is 16.9 Å². The summed E-state index contributed by atoms with van der Waals surface area (Å²) in [6, 6.07) is 9.88. The molecule has 0 fully saturated rings. The Balaban J connectivity index is 1.87. The summed E-state index contributed by atoms with van der Waals surface area (Å²) in [6.45, 7) is 4.19. The summed E-state index contributed by atoms with van der Waals surface area (Å²) in [7, 11) is 0. The molecule has 5 nitrogen and oxygen atoms in total. The highest BCUT2D eigenvalue weighted by Crippen LogP contribution is 2.21. The van der Waals surface area contributed by atoms with Gasteiger partial charge in [0.25, 0.3) is 11.5 Å². The molecule has 0 atom stereocenters. The molecule has 0 aliphatic rings. The predicted molar refractivity (Wildman–Crippen MR) is 111 cm³/mol. The largest absolute Gasteiger partial charge is 0.348 e. The van der Waals surface area contributed by atoms with E-state index in [1.165, 1.54) is 4.57 Å². The summed E-state index contributed by atoms with van der Waals surface area (Å²) in [4.78, 5) is 27.9. The Kier molecular flexibility index (Phi) is 5.79. The quantitative estimate of drug-likeness (QED) is 0.473. The number of benzene rings is 2. The molecule has 2 aromatic carbocycles. The Labute approximate surface area is 170 Å². The standard InChI is InChI=1S/C19H15Cl2N3O2S/c1-2-7-24-18(26)14-6-4-11(8-16(14)23-19(24)27)17(25)22-10-12-3-5-13(20)9-15(12)21/h2-6,8-9H,1,7,10H2,(H,22,25)(H,23,27). The van der Waals surface area contributed by atoms with E-state index in [-0.39, 0.29) is 22.8 Å². The monoisotopic (exact) mass is 419 g/mol. The first-order chi connectivity index (χ1) is 12.9. The fraction of sp³-hybridized carbons (Fsp3) is 0.105. The molecule has 0 unspecified atom stereocenters. The van der Waals surface area contributed by atoms with Crippen molar-refractivity contribution in [3.05, 3.63) is 85.4 Å². The van der Waals surface area contributed by atoms with E-state index in [1.54, 1.807) is 42.5 Å². The Bertz CT molecular complexity index is 1170. The number of amides is 1. The molecule has 0 spiro atoms. The maximum Gasteiger partial charge on any atom is 0.262 e. The maximum absolute atomic E-state index is 12.5. The first-order valence-electron chi connectivity index (χ1n) is 8.00. The summed E-state index contributed by atoms with van der Waals surface area (Å²) in [5.74, 6) is -0.294. The third-order valence-corrected chi connectivity index (χ3v) is 4.92. The van der Waals surface area contributed by atoms with Crippen molar-refractivity contribution in [2.45, 2.75) is 13.1 Å². The van der Waals surface area contributed by atoms with E-state index in [9.17, 15) is 9.59 Å². The van der Waals surface area contributed by atoms with Gasteiger partial charge in [-0.05, 0) is 48.1 Å². The number of hydrogen-bond acceptors (Lipinski definition) is 3. The number of hydrogen-bond donors (Lipinski definition) is 2. The molecule has 0 aliphatic carbocycles. The second-order valence-corrected chi connectivity index (χ2v) is 7.04. The van der Waals surface area contributed by atoms with Crippen LogP contribution in [0.2, 0.25) is 10.0 Å². The van der Waals surface area contributed by atoms with Crippen LogP contribution in [0.4, 0.5) is 0 Å². The molecular weight excluding hydrogens is 405 g/mol. The number of halogens is 2. The zero-order valence-electron chi connectivity index (χ0n) is 14.1. The predicted octanol–water partition coefficient (Wildman–Crippen LogP) is 4.48. The van der Waals surface area contributed by atoms with E-state index >= 15 is 0 Å². The third kappa shape index (κ3) is 4.13. The van der Waals surface area contributed by atoms with Gasteiger partial charge in [-0.15, -0.1) is 6.58 Å². The van der Waals surface area contributed by atoms with Crippen LogP contribution in [-0.4, -0.2) is 15.5 Å². The number of rotatable bonds is 5. The summed E-state index contributed by atoms with van der Waals surface area (Å²) in [5, 5.41) is 4.25. The van der Waals surface area contributed by atoms with Crippen molar-refractivity contribution in [1.82, 2.24) is 14.9 Å². The van der Waals surface area contributed by atoms with Crippen molar-refractivity contribution in [3.8, 4) is 0 Å². The number of aromatic amines is 1. The number of carbonyl (C=O) groups excluding carboxylic acids is 1. The lowest BCUT2D eigenvalue weighted by molar-refractivity contribution is 0.0951. The highest BCUT2D eigenvalue weighted by molar-refractivity contribution is 7.71. The Morgan fingerprint density at radius 3 is 2.74 bits per heavy atom. The highest BCUT2D eigenvalue weighted by atomic mass is 35.5. The molecule has 2 N–H and O–H groups in total. The number of H-pyrrole nitrogens is 1. The lowest BCUT2D eigenvalue weighted by atomic mass is 10.1. The maximum atomic E-state index is 12.5. The Hall–Kier alpha value is -2.41. The van der Waals surface area contributed by atoms with Gasteiger partial charge in [0.15, 0.2) is 4.77 Å². The first kappa shape index (κ1) is 19.4. The van der Waals surface area contributed by atoms with Crippen molar-refractivity contribution in [2.75, 3.05) is 0 Å². The van der Waals surface area contributed by atoms with Gasteiger partial charge >= 0.3 is 0 Å². The number of nitrogens with one attached hydrogen (secondary N) is 2. The second kappa shape index (κ2) is 8.08. The Morgan fingerprint density at radius 1 is 1.26 bits per heavy atom. The van der Waals surface area contributed by atoms with Gasteiger partial charge < -0.3 is 10.3 Å². The van der Waals surface area contributed by atoms with Crippen molar-refractivity contribution in [3.63, 3.8) is 0 Å². The zero-order valence-corrected chi connectivity index (χ0v) is 16.4. The molecule has 27 heavy (non-hydrogen) atoms. The third-order valence-electron chi connectivity index (χ3n) is 4.01. The molecule has 0 saturated carbocycles. The number of allylic oxidation sites excluding steroid dienone is 1. The summed E-state index contributed by atoms with van der Waals surface area (Å²) >= 11 is 17.2. The average Bonchev–Trinajstić information content (AvgIpc) is 2.63. The molecule has 0 aliphatic heterocycles. The van der Waals surface area contributed by atoms with E-state index in [0.29, 0.717) is 33.1 Å². The molecule has 3 rings (SSSR count). The molecule has 1 aromatic heterocycles. The minimum absolute atomic E-state index is 0.228. The van der Waals surface area contributed by atoms with Crippen LogP contribution in [0.25, 0.3) is 10.9 Å². The minimum Gasteiger partial charge on any atom is -0.348 e. The highest BCUT2D eigenvalue weighted by Gasteiger charge is 2.11. The van der Waals surface area contributed by atoms with Crippen LogP contribution in [0.3, 0.4) is 0 Å². The smallest absolute Gasteiger partial charge is 0.262 e. The average molecular weight is 420 g/mol. The van der Waals surface area contributed by atoms with Crippen LogP contribution >= 0.6 is 35.4 Å². The van der Waals surface area contributed by atoms with Gasteiger partial charge in [0.2, 0.25) is 0 Å². The van der Waals surface area contributed by atoms with E-state index in [1.807, 2.05) is 0 Å². The molecule has 0 saturated heterocycles. The van der Waals surface area contributed by atoms with Crippen LogP contribution < -0.4 is 10.9 Å². The van der Waals surface area contributed by atoms with Crippen LogP contribution in [-0.2, 0) is 13.1 Å². The molecule has 0 bridgehead atoms. The van der Waals surface area contributed by atoms with Gasteiger partial charge in [0.05, 0.1) is 10.9 Å². The molecule has 0 radical (unpaired) electrons. The van der Waals surface area contributed by atoms with Crippen molar-refractivity contribution in [2.24, 2.45) is 0 Å². The van der Waals surface area contributed by atoms with E-state index < -0.39 is 0 Å². The molecule has 1 heterocycles. The van der Waals surface area contributed by atoms with Crippen LogP contribution in [0.5, 0.6) is 0 Å². The molecule has 138 valence electrons. The van der Waals surface area contributed by atoms with E-state index in [0.717, 1.165) is 5.56 Å². The van der Waals surface area contributed by atoms with Crippen LogP contribution in [0.15, 0.2) is 53.8 Å². The lowest BCUT2D eigenvalue weighted by Crippen LogP contribution is -2.24. The van der Waals surface area contributed by atoms with E-state index in [4.69, 9.17) is 35.4 Å². The number of fused-ring (bicyclic) bond motifs is 1. The van der Waals surface area contributed by atoms with Gasteiger partial charge in [0.1, 0.15) is 0 Å². The lowest BCUT2D eigenvalue weighted by Gasteiger charge is -2.09. The summed E-state index contributed by atoms with van der Waals surface area (Å²) in [5.41, 5.74) is 1.43. The molecule has 8 heteroatoms. The first-order valence-corrected chi connectivity index (χ1v) is 9.17. The van der Waals surface area contributed by atoms with Gasteiger partial charge in [-0.2, -0.15) is 0 Å². The fourth-order valence-corrected chi connectivity index (χ4v) is 3.38. The summed E-state index contributed by atoms with van der Waals surface area (Å²) < 4.78 is 1.69. The molecule has 3 aromatic rings. The van der Waals surface area contributed by atoms with Crippen LogP contribution in [0, 0.1) is 4.77 Å². The number of carbonyl (C=O) groups is 1. The Morgan fingerprint density at radius 2 is 2.04 bits per heavy atom. The SMILES string of the molecule is C=CCn1c(=S)[nH]c2cc(C(=O)NCc3ccc(Cl)cc3Cl)ccc2c1=O. The number of nitrogens with zero attached hydrogens (tertiary/aromatic N) is 1. The van der Waals surface area contributed by atoms with Crippen molar-refractivity contribution < 1.29 is 4.79 Å². The van der Waals surface area contributed by atoms with Crippen molar-refractivity contribution in [1.29, 1.82) is 0 Å². The van der Waals surface area contributed by atoms with Gasteiger partial charge in [-0.25, -0.2) is 0 Å². The number of aromatic nitrogens is 2. The summed E-state index contributed by atoms with van der Waals surface area (Å²) in [6.07, 6.45) is 1.60. The second-order valence-electron chi connectivity index (χ2n) is 5.81. The van der Waals surface area contributed by atoms with Gasteiger partial charge in [-0.3, -0.25) is 14.2 Å². The van der Waals surface area contributed by atoms with Gasteiger partial charge in [-0.1, -0.05) is 35.3 Å². The van der Waals surface area contributed by atoms with Crippen LogP contribution in [0.1, 0.15) is 15.9 Å². The van der Waals surface area contributed by atoms with Crippen molar-refractivity contribution >= 4 is 52.2 Å². The fourth-order valence-electron chi connectivity index (χ4n) is 2.63. The minimum atomic E-state index is -0.294. The topological polar surface area (TPSA) is 66.9 Å². The van der Waals surface area contributed by atoms with Gasteiger partial charge in [0, 0.05) is 28.7 Å². The molecular formula is C19H15Cl2N3O2S.